The average molecular weight is 215 g/mol. The van der Waals surface area contributed by atoms with E-state index in [4.69, 9.17) is 0 Å². The quantitative estimate of drug-likeness (QED) is 0.652. The number of unbranched alkanes of at least 4 members (excludes halogenated alkanes) is 1. The monoisotopic (exact) mass is 215 g/mol. The van der Waals surface area contributed by atoms with Gasteiger partial charge in [0.15, 0.2) is 0 Å². The predicted octanol–water partition coefficient (Wildman–Crippen LogP) is 3.09. The summed E-state index contributed by atoms with van der Waals surface area (Å²) in [7, 11) is 0. The van der Waals surface area contributed by atoms with E-state index < -0.39 is 5.60 Å². The van der Waals surface area contributed by atoms with Crippen LogP contribution in [0, 0.1) is 0 Å². The molecule has 2 nitrogen and oxygen atoms in total. The highest BCUT2D eigenvalue weighted by atomic mass is 16.3. The summed E-state index contributed by atoms with van der Waals surface area (Å²) in [6.07, 6.45) is 6.17. The summed E-state index contributed by atoms with van der Waals surface area (Å²) in [5.74, 6) is 0. The van der Waals surface area contributed by atoms with Crippen LogP contribution in [0.1, 0.15) is 66.7 Å². The first-order valence-electron chi connectivity index (χ1n) is 6.40. The van der Waals surface area contributed by atoms with Gasteiger partial charge in [-0.3, -0.25) is 0 Å². The summed E-state index contributed by atoms with van der Waals surface area (Å²) in [6, 6.07) is 0.724. The van der Waals surface area contributed by atoms with Gasteiger partial charge in [-0.05, 0) is 33.6 Å². The second-order valence-corrected chi connectivity index (χ2v) is 5.17. The standard InChI is InChI=1S/C13H29NO/c1-6-8-10-12(9-7-2)14-11(3)13(4,5)15/h11-12,14-15H,6-10H2,1-5H3. The van der Waals surface area contributed by atoms with Crippen molar-refractivity contribution in [1.29, 1.82) is 0 Å². The van der Waals surface area contributed by atoms with Crippen molar-refractivity contribution < 1.29 is 5.11 Å². The van der Waals surface area contributed by atoms with Gasteiger partial charge in [0.2, 0.25) is 0 Å². The maximum absolute atomic E-state index is 9.87. The highest BCUT2D eigenvalue weighted by Crippen LogP contribution is 2.13. The third-order valence-electron chi connectivity index (χ3n) is 3.09. The van der Waals surface area contributed by atoms with E-state index in [0.717, 1.165) is 0 Å². The minimum absolute atomic E-state index is 0.158. The van der Waals surface area contributed by atoms with Crippen LogP contribution in [0.5, 0.6) is 0 Å². The van der Waals surface area contributed by atoms with Crippen LogP contribution in [-0.2, 0) is 0 Å². The van der Waals surface area contributed by atoms with Crippen molar-refractivity contribution in [2.45, 2.75) is 84.4 Å². The fourth-order valence-corrected chi connectivity index (χ4v) is 1.67. The minimum atomic E-state index is -0.627. The van der Waals surface area contributed by atoms with Crippen molar-refractivity contribution in [1.82, 2.24) is 5.32 Å². The fraction of sp³-hybridized carbons (Fsp3) is 1.00. The van der Waals surface area contributed by atoms with Gasteiger partial charge in [-0.1, -0.05) is 33.1 Å². The third kappa shape index (κ3) is 6.91. The second-order valence-electron chi connectivity index (χ2n) is 5.17. The van der Waals surface area contributed by atoms with Crippen LogP contribution in [-0.4, -0.2) is 22.8 Å². The molecule has 0 rings (SSSR count). The Bertz CT molecular complexity index is 151. The Morgan fingerprint density at radius 1 is 1.13 bits per heavy atom. The molecule has 2 atom stereocenters. The molecule has 15 heavy (non-hydrogen) atoms. The molecule has 0 aromatic carbocycles. The maximum atomic E-state index is 9.87. The lowest BCUT2D eigenvalue weighted by Crippen LogP contribution is -2.48. The SMILES string of the molecule is CCCCC(CCC)NC(C)C(C)(C)O. The zero-order chi connectivity index (χ0) is 11.9. The van der Waals surface area contributed by atoms with Gasteiger partial charge >= 0.3 is 0 Å². The van der Waals surface area contributed by atoms with Crippen LogP contribution in [0.15, 0.2) is 0 Å². The average Bonchev–Trinajstić information content (AvgIpc) is 2.13. The molecule has 0 aliphatic heterocycles. The Labute approximate surface area is 95.5 Å². The van der Waals surface area contributed by atoms with E-state index >= 15 is 0 Å². The minimum Gasteiger partial charge on any atom is -0.389 e. The van der Waals surface area contributed by atoms with E-state index in [1.54, 1.807) is 0 Å². The van der Waals surface area contributed by atoms with Gasteiger partial charge in [0.1, 0.15) is 0 Å². The smallest absolute Gasteiger partial charge is 0.0741 e. The molecule has 0 aromatic rings. The molecule has 0 aliphatic carbocycles. The Kier molecular flexibility index (Phi) is 7.20. The van der Waals surface area contributed by atoms with E-state index in [0.29, 0.717) is 6.04 Å². The van der Waals surface area contributed by atoms with Gasteiger partial charge < -0.3 is 10.4 Å². The van der Waals surface area contributed by atoms with Gasteiger partial charge in [0.05, 0.1) is 5.60 Å². The van der Waals surface area contributed by atoms with Crippen LogP contribution < -0.4 is 5.32 Å². The Morgan fingerprint density at radius 3 is 2.13 bits per heavy atom. The lowest BCUT2D eigenvalue weighted by atomic mass is 9.97. The third-order valence-corrected chi connectivity index (χ3v) is 3.09. The molecule has 0 aromatic heterocycles. The van der Waals surface area contributed by atoms with Crippen LogP contribution in [0.2, 0.25) is 0 Å². The van der Waals surface area contributed by atoms with Gasteiger partial charge in [-0.15, -0.1) is 0 Å². The summed E-state index contributed by atoms with van der Waals surface area (Å²) in [4.78, 5) is 0. The summed E-state index contributed by atoms with van der Waals surface area (Å²) >= 11 is 0. The number of hydrogen-bond acceptors (Lipinski definition) is 2. The van der Waals surface area contributed by atoms with Crippen LogP contribution in [0.4, 0.5) is 0 Å². The van der Waals surface area contributed by atoms with E-state index in [2.05, 4.69) is 26.1 Å². The van der Waals surface area contributed by atoms with E-state index in [1.807, 2.05) is 13.8 Å². The number of aliphatic hydroxyl groups is 1. The first-order valence-corrected chi connectivity index (χ1v) is 6.40. The maximum Gasteiger partial charge on any atom is 0.0741 e. The largest absolute Gasteiger partial charge is 0.389 e. The molecule has 0 amide bonds. The molecular weight excluding hydrogens is 186 g/mol. The summed E-state index contributed by atoms with van der Waals surface area (Å²) in [6.45, 7) is 10.2. The molecule has 0 saturated carbocycles. The molecular formula is C13H29NO. The lowest BCUT2D eigenvalue weighted by molar-refractivity contribution is 0.0387. The normalized spacial score (nSPS) is 16.4. The Morgan fingerprint density at radius 2 is 1.73 bits per heavy atom. The zero-order valence-electron chi connectivity index (χ0n) is 11.1. The molecule has 2 unspecified atom stereocenters. The number of hydrogen-bond donors (Lipinski definition) is 2. The summed E-state index contributed by atoms with van der Waals surface area (Å²) in [5.41, 5.74) is -0.627. The molecule has 92 valence electrons. The fourth-order valence-electron chi connectivity index (χ4n) is 1.67. The predicted molar refractivity (Wildman–Crippen MR) is 67.1 cm³/mol. The van der Waals surface area contributed by atoms with Crippen molar-refractivity contribution in [3.8, 4) is 0 Å². The first kappa shape index (κ1) is 14.9. The van der Waals surface area contributed by atoms with Gasteiger partial charge in [-0.2, -0.15) is 0 Å². The van der Waals surface area contributed by atoms with Crippen molar-refractivity contribution >= 4 is 0 Å². The highest BCUT2D eigenvalue weighted by Gasteiger charge is 2.24. The van der Waals surface area contributed by atoms with Crippen molar-refractivity contribution in [3.63, 3.8) is 0 Å². The Balaban J connectivity index is 4.03. The molecule has 0 heterocycles. The van der Waals surface area contributed by atoms with Crippen molar-refractivity contribution in [3.05, 3.63) is 0 Å². The second kappa shape index (κ2) is 7.24. The van der Waals surface area contributed by atoms with E-state index in [-0.39, 0.29) is 6.04 Å². The lowest BCUT2D eigenvalue weighted by Gasteiger charge is -2.31. The topological polar surface area (TPSA) is 32.3 Å². The van der Waals surface area contributed by atoms with Crippen molar-refractivity contribution in [2.24, 2.45) is 0 Å². The van der Waals surface area contributed by atoms with Crippen LogP contribution in [0.25, 0.3) is 0 Å². The van der Waals surface area contributed by atoms with Gasteiger partial charge in [0, 0.05) is 12.1 Å². The molecule has 2 heteroatoms. The van der Waals surface area contributed by atoms with Crippen LogP contribution >= 0.6 is 0 Å². The molecule has 0 bridgehead atoms. The van der Waals surface area contributed by atoms with Crippen molar-refractivity contribution in [2.75, 3.05) is 0 Å². The molecule has 0 fully saturated rings. The van der Waals surface area contributed by atoms with E-state index in [1.165, 1.54) is 32.1 Å². The number of rotatable bonds is 8. The molecule has 0 saturated heterocycles. The van der Waals surface area contributed by atoms with Gasteiger partial charge in [0.25, 0.3) is 0 Å². The highest BCUT2D eigenvalue weighted by molar-refractivity contribution is 4.82. The summed E-state index contributed by atoms with van der Waals surface area (Å²) < 4.78 is 0. The number of nitrogens with one attached hydrogen (secondary N) is 1. The first-order chi connectivity index (χ1) is 6.91. The molecule has 0 radical (unpaired) electrons. The zero-order valence-corrected chi connectivity index (χ0v) is 11.1. The van der Waals surface area contributed by atoms with Gasteiger partial charge in [-0.25, -0.2) is 0 Å². The van der Waals surface area contributed by atoms with E-state index in [9.17, 15) is 5.11 Å². The molecule has 2 N–H and O–H groups in total. The molecule has 0 spiro atoms. The van der Waals surface area contributed by atoms with Crippen LogP contribution in [0.3, 0.4) is 0 Å². The summed E-state index contributed by atoms with van der Waals surface area (Å²) in [5, 5.41) is 13.4. The molecule has 0 aliphatic rings. The Hall–Kier alpha value is -0.0800.